The Hall–Kier alpha value is -1.95. The highest BCUT2D eigenvalue weighted by atomic mass is 16.4. The standard InChI is InChI=1S/C16H36N.C7H5N3O2/c1-5-9-13-17(14-10-6-2,15-11-7-3)16-12-8-4;11-7(12)4-2-1-3-5-6(4)9-10-8-5/h5-16H2,1-4H3;1-3H,(H,11,12)(H,8,9,10)/q+1;/p-1. The number of quaternary nitrogens is 1. The lowest BCUT2D eigenvalue weighted by molar-refractivity contribution is -0.929. The fourth-order valence-electron chi connectivity index (χ4n) is 3.68. The highest BCUT2D eigenvalue weighted by molar-refractivity contribution is 5.99. The van der Waals surface area contributed by atoms with Gasteiger partial charge in [-0.1, -0.05) is 65.5 Å². The molecule has 0 aliphatic rings. The lowest BCUT2D eigenvalue weighted by Gasteiger charge is -2.39. The second kappa shape index (κ2) is 14.1. The average Bonchev–Trinajstić information content (AvgIpc) is 3.22. The van der Waals surface area contributed by atoms with Crippen molar-refractivity contribution in [1.29, 1.82) is 0 Å². The lowest BCUT2D eigenvalue weighted by atomic mass is 10.1. The summed E-state index contributed by atoms with van der Waals surface area (Å²) in [7, 11) is 0. The van der Waals surface area contributed by atoms with Crippen LogP contribution in [0.2, 0.25) is 0 Å². The molecule has 0 fully saturated rings. The number of para-hydroxylation sites is 1. The third-order valence-electron chi connectivity index (χ3n) is 5.51. The summed E-state index contributed by atoms with van der Waals surface area (Å²) >= 11 is 0. The van der Waals surface area contributed by atoms with E-state index < -0.39 is 5.97 Å². The zero-order chi connectivity index (χ0) is 21.5. The summed E-state index contributed by atoms with van der Waals surface area (Å²) in [6, 6.07) is 4.70. The number of benzene rings is 1. The first-order chi connectivity index (χ1) is 14.0. The number of nitrogens with one attached hydrogen (secondary N) is 1. The molecule has 0 aliphatic carbocycles. The highest BCUT2D eigenvalue weighted by Gasteiger charge is 2.24. The zero-order valence-electron chi connectivity index (χ0n) is 18.9. The molecule has 0 saturated heterocycles. The first-order valence-corrected chi connectivity index (χ1v) is 11.4. The molecule has 0 unspecified atom stereocenters. The molecule has 6 heteroatoms. The topological polar surface area (TPSA) is 81.7 Å². The number of carbonyl (C=O) groups is 1. The molecule has 2 aromatic rings. The molecule has 1 aromatic heterocycles. The summed E-state index contributed by atoms with van der Waals surface area (Å²) in [5, 5.41) is 20.3. The number of carbonyl (C=O) groups excluding carboxylic acids is 1. The van der Waals surface area contributed by atoms with Crippen molar-refractivity contribution in [1.82, 2.24) is 15.4 Å². The van der Waals surface area contributed by atoms with Gasteiger partial charge in [-0.2, -0.15) is 15.4 Å². The van der Waals surface area contributed by atoms with E-state index in [1.54, 1.807) is 12.1 Å². The quantitative estimate of drug-likeness (QED) is 0.504. The van der Waals surface area contributed by atoms with Crippen molar-refractivity contribution >= 4 is 17.0 Å². The molecular weight excluding hydrogens is 364 g/mol. The van der Waals surface area contributed by atoms with Crippen molar-refractivity contribution < 1.29 is 14.4 Å². The van der Waals surface area contributed by atoms with Crippen molar-refractivity contribution in [2.45, 2.75) is 79.1 Å². The van der Waals surface area contributed by atoms with E-state index in [9.17, 15) is 9.90 Å². The molecule has 0 spiro atoms. The van der Waals surface area contributed by atoms with Gasteiger partial charge in [-0.05, 0) is 31.7 Å². The van der Waals surface area contributed by atoms with Crippen molar-refractivity contribution in [3.8, 4) is 0 Å². The molecule has 164 valence electrons. The molecule has 0 atom stereocenters. The maximum absolute atomic E-state index is 10.5. The number of hydrogen-bond donors (Lipinski definition) is 1. The number of H-pyrrole nitrogens is 1. The Kier molecular flexibility index (Phi) is 12.2. The van der Waals surface area contributed by atoms with Crippen molar-refractivity contribution in [3.63, 3.8) is 0 Å². The number of aromatic nitrogens is 3. The Balaban J connectivity index is 0.000000304. The number of nitrogens with zero attached hydrogens (tertiary/aromatic N) is 3. The summed E-state index contributed by atoms with van der Waals surface area (Å²) in [5.74, 6) is -1.24. The van der Waals surface area contributed by atoms with Crippen molar-refractivity contribution in [3.05, 3.63) is 23.8 Å². The number of fused-ring (bicyclic) bond motifs is 1. The van der Waals surface area contributed by atoms with Crippen LogP contribution in [0.4, 0.5) is 0 Å². The third kappa shape index (κ3) is 8.52. The predicted molar refractivity (Wildman–Crippen MR) is 118 cm³/mol. The van der Waals surface area contributed by atoms with Gasteiger partial charge in [-0.15, -0.1) is 0 Å². The van der Waals surface area contributed by atoms with E-state index in [2.05, 4.69) is 43.1 Å². The van der Waals surface area contributed by atoms with Gasteiger partial charge in [0, 0.05) is 5.56 Å². The molecule has 29 heavy (non-hydrogen) atoms. The zero-order valence-corrected chi connectivity index (χ0v) is 18.9. The van der Waals surface area contributed by atoms with Gasteiger partial charge in [-0.3, -0.25) is 0 Å². The normalized spacial score (nSPS) is 11.3. The van der Waals surface area contributed by atoms with Crippen LogP contribution in [-0.4, -0.2) is 52.0 Å². The molecule has 0 bridgehead atoms. The highest BCUT2D eigenvalue weighted by Crippen LogP contribution is 2.16. The minimum atomic E-state index is -1.24. The van der Waals surface area contributed by atoms with E-state index >= 15 is 0 Å². The van der Waals surface area contributed by atoms with Crippen LogP contribution in [0.3, 0.4) is 0 Å². The van der Waals surface area contributed by atoms with Crippen LogP contribution in [0.15, 0.2) is 18.2 Å². The molecular formula is C23H40N4O2. The molecule has 1 N–H and O–H groups in total. The smallest absolute Gasteiger partial charge is 0.122 e. The van der Waals surface area contributed by atoms with E-state index in [0.717, 1.165) is 0 Å². The van der Waals surface area contributed by atoms with Gasteiger partial charge < -0.3 is 14.4 Å². The second-order valence-corrected chi connectivity index (χ2v) is 7.93. The molecule has 0 radical (unpaired) electrons. The first-order valence-electron chi connectivity index (χ1n) is 11.4. The van der Waals surface area contributed by atoms with Crippen LogP contribution in [-0.2, 0) is 0 Å². The number of rotatable bonds is 13. The van der Waals surface area contributed by atoms with Gasteiger partial charge in [-0.25, -0.2) is 0 Å². The van der Waals surface area contributed by atoms with Crippen molar-refractivity contribution in [2.24, 2.45) is 0 Å². The van der Waals surface area contributed by atoms with E-state index in [4.69, 9.17) is 0 Å². The Bertz CT molecular complexity index is 661. The van der Waals surface area contributed by atoms with Gasteiger partial charge in [0.25, 0.3) is 0 Å². The molecule has 0 saturated carbocycles. The minimum absolute atomic E-state index is 0.0567. The monoisotopic (exact) mass is 404 g/mol. The molecule has 6 nitrogen and oxygen atoms in total. The number of carboxylic acids is 1. The van der Waals surface area contributed by atoms with Gasteiger partial charge in [0.15, 0.2) is 0 Å². The summed E-state index contributed by atoms with van der Waals surface area (Å²) in [4.78, 5) is 10.5. The average molecular weight is 405 g/mol. The van der Waals surface area contributed by atoms with Gasteiger partial charge in [0.1, 0.15) is 11.0 Å². The van der Waals surface area contributed by atoms with Crippen molar-refractivity contribution in [2.75, 3.05) is 26.2 Å². The number of hydrogen-bond acceptors (Lipinski definition) is 4. The van der Waals surface area contributed by atoms with Crippen LogP contribution in [0, 0.1) is 0 Å². The largest absolute Gasteiger partial charge is 0.545 e. The third-order valence-corrected chi connectivity index (χ3v) is 5.51. The lowest BCUT2D eigenvalue weighted by Crippen LogP contribution is -2.50. The van der Waals surface area contributed by atoms with E-state index in [-0.39, 0.29) is 5.56 Å². The second-order valence-electron chi connectivity index (χ2n) is 7.93. The Morgan fingerprint density at radius 3 is 1.76 bits per heavy atom. The molecule has 2 rings (SSSR count). The molecule has 0 amide bonds. The summed E-state index contributed by atoms with van der Waals surface area (Å²) in [5.41, 5.74) is 0.912. The van der Waals surface area contributed by atoms with Crippen LogP contribution < -0.4 is 5.11 Å². The van der Waals surface area contributed by atoms with Crippen LogP contribution in [0.25, 0.3) is 11.0 Å². The molecule has 0 aliphatic heterocycles. The van der Waals surface area contributed by atoms with E-state index in [1.165, 1.54) is 88.1 Å². The number of aromatic amines is 1. The number of carboxylic acid groups (broad SMARTS) is 1. The fraction of sp³-hybridized carbons (Fsp3) is 0.696. The predicted octanol–water partition coefficient (Wildman–Crippen LogP) is 4.33. The Morgan fingerprint density at radius 1 is 0.862 bits per heavy atom. The maximum Gasteiger partial charge on any atom is 0.122 e. The van der Waals surface area contributed by atoms with Crippen LogP contribution in [0.1, 0.15) is 89.4 Å². The Labute approximate surface area is 176 Å². The Morgan fingerprint density at radius 2 is 1.34 bits per heavy atom. The molecule has 1 heterocycles. The first kappa shape index (κ1) is 25.1. The van der Waals surface area contributed by atoms with Gasteiger partial charge in [0.05, 0.1) is 32.1 Å². The van der Waals surface area contributed by atoms with E-state index in [0.29, 0.717) is 11.0 Å². The van der Waals surface area contributed by atoms with Gasteiger partial charge in [0.2, 0.25) is 0 Å². The summed E-state index contributed by atoms with van der Waals surface area (Å²) in [6.45, 7) is 15.0. The number of unbranched alkanes of at least 4 members (excludes halogenated alkanes) is 4. The van der Waals surface area contributed by atoms with Crippen LogP contribution in [0.5, 0.6) is 0 Å². The summed E-state index contributed by atoms with van der Waals surface area (Å²) < 4.78 is 1.42. The SMILES string of the molecule is CCCC[N+](CCCC)(CCCC)CCCC.O=C([O-])c1cccc2n[nH]nc12. The van der Waals surface area contributed by atoms with E-state index in [1.807, 2.05) is 0 Å². The minimum Gasteiger partial charge on any atom is -0.545 e. The summed E-state index contributed by atoms with van der Waals surface area (Å²) in [6.07, 6.45) is 11.1. The fourth-order valence-corrected chi connectivity index (χ4v) is 3.68. The maximum atomic E-state index is 10.5. The number of aromatic carboxylic acids is 1. The van der Waals surface area contributed by atoms with Crippen LogP contribution >= 0.6 is 0 Å². The molecule has 1 aromatic carbocycles. The van der Waals surface area contributed by atoms with Gasteiger partial charge >= 0.3 is 0 Å².